The van der Waals surface area contributed by atoms with Gasteiger partial charge in [0.25, 0.3) is 16.0 Å². The number of aliphatic hydroxyl groups is 6. The van der Waals surface area contributed by atoms with Crippen molar-refractivity contribution < 1.29 is 106 Å². The number of rotatable bonds is 12. The standard InChI is InChI=1S/C9H18O22P4/c10-1-7(16,32(19,20)21)4(13)29-35(28,30-5(14)8(17,2-11)33(22,23)24)31-6(15)9(18,3-12)34(25,26)27/h10-12,16-18H,1-3H2,(H2,19,20,21)(H2,22,23,24)(H2,25,26,27). The summed E-state index contributed by atoms with van der Waals surface area (Å²) in [7, 11) is -25.5. The molecule has 12 N–H and O–H groups in total. The van der Waals surface area contributed by atoms with Crippen molar-refractivity contribution in [1.82, 2.24) is 0 Å². The van der Waals surface area contributed by atoms with Crippen LogP contribution in [0.25, 0.3) is 0 Å². The summed E-state index contributed by atoms with van der Waals surface area (Å²) in [5.74, 6) is -8.95. The second-order valence-corrected chi connectivity index (χ2v) is 13.1. The molecule has 3 atom stereocenters. The number of carbonyl (C=O) groups excluding carboxylic acids is 3. The van der Waals surface area contributed by atoms with Gasteiger partial charge in [0, 0.05) is 0 Å². The van der Waals surface area contributed by atoms with Crippen molar-refractivity contribution in [2.45, 2.75) is 16.0 Å². The van der Waals surface area contributed by atoms with E-state index < -0.39 is 84.4 Å². The van der Waals surface area contributed by atoms with Gasteiger partial charge in [-0.1, -0.05) is 0 Å². The number of phosphoric ester groups is 1. The first-order valence-electron chi connectivity index (χ1n) is 7.80. The second-order valence-electron chi connectivity index (χ2n) is 6.14. The molecule has 0 aromatic heterocycles. The molecule has 3 unspecified atom stereocenters. The largest absolute Gasteiger partial charge is 0.654 e. The number of aliphatic hydroxyl groups excluding tert-OH is 3. The predicted molar refractivity (Wildman–Crippen MR) is 98.1 cm³/mol. The van der Waals surface area contributed by atoms with Gasteiger partial charge < -0.3 is 73.6 Å². The Morgan fingerprint density at radius 3 is 0.800 bits per heavy atom. The van der Waals surface area contributed by atoms with Crippen LogP contribution in [0.3, 0.4) is 0 Å². The molecular weight excluding hydrogens is 584 g/mol. The van der Waals surface area contributed by atoms with Gasteiger partial charge in [-0.25, -0.2) is 14.4 Å². The molecule has 0 heterocycles. The Morgan fingerprint density at radius 1 is 0.514 bits per heavy atom. The Bertz CT molecular complexity index is 905. The third-order valence-electron chi connectivity index (χ3n) is 3.67. The van der Waals surface area contributed by atoms with E-state index in [1.165, 1.54) is 0 Å². The van der Waals surface area contributed by atoms with E-state index in [0.29, 0.717) is 0 Å². The van der Waals surface area contributed by atoms with Crippen LogP contribution in [-0.2, 0) is 46.2 Å². The molecular formula is C9H18O22P4. The lowest BCUT2D eigenvalue weighted by Gasteiger charge is -2.29. The van der Waals surface area contributed by atoms with E-state index in [1.807, 2.05) is 0 Å². The summed E-state index contributed by atoms with van der Waals surface area (Å²) in [5.41, 5.74) is 0. The second kappa shape index (κ2) is 10.7. The number of phosphoric acid groups is 1. The van der Waals surface area contributed by atoms with Crippen molar-refractivity contribution in [3.8, 4) is 0 Å². The van der Waals surface area contributed by atoms with Crippen molar-refractivity contribution in [3.63, 3.8) is 0 Å². The Morgan fingerprint density at radius 2 is 0.686 bits per heavy atom. The van der Waals surface area contributed by atoms with Crippen LogP contribution in [0.1, 0.15) is 0 Å². The number of hydrogen-bond donors (Lipinski definition) is 12. The summed E-state index contributed by atoms with van der Waals surface area (Å²) in [6.07, 6.45) is 0. The Labute approximate surface area is 191 Å². The summed E-state index contributed by atoms with van der Waals surface area (Å²) in [6.45, 7) is -6.78. The molecule has 0 bridgehead atoms. The fourth-order valence-electron chi connectivity index (χ4n) is 1.41. The third-order valence-corrected chi connectivity index (χ3v) is 8.70. The molecule has 0 aliphatic carbocycles. The lowest BCUT2D eigenvalue weighted by atomic mass is 10.4. The van der Waals surface area contributed by atoms with Gasteiger partial charge in [-0.05, 0) is 0 Å². The van der Waals surface area contributed by atoms with Gasteiger partial charge >= 0.3 is 48.5 Å². The van der Waals surface area contributed by atoms with Crippen LogP contribution >= 0.6 is 30.6 Å². The average Bonchev–Trinajstić information content (AvgIpc) is 2.68. The van der Waals surface area contributed by atoms with E-state index in [-0.39, 0.29) is 0 Å². The molecule has 206 valence electrons. The normalized spacial score (nSPS) is 19.8. The zero-order chi connectivity index (χ0) is 28.5. The van der Waals surface area contributed by atoms with Gasteiger partial charge in [-0.3, -0.25) is 13.7 Å². The van der Waals surface area contributed by atoms with Gasteiger partial charge in [0.2, 0.25) is 0 Å². The maximum atomic E-state index is 12.6. The van der Waals surface area contributed by atoms with Gasteiger partial charge in [0.1, 0.15) is 0 Å². The molecule has 0 aromatic rings. The Balaban J connectivity index is 6.72. The summed E-state index contributed by atoms with van der Waals surface area (Å²) in [4.78, 5) is 89.6. The van der Waals surface area contributed by atoms with Crippen LogP contribution in [0.2, 0.25) is 0 Å². The van der Waals surface area contributed by atoms with Crippen LogP contribution in [0.15, 0.2) is 0 Å². The molecule has 0 amide bonds. The van der Waals surface area contributed by atoms with Crippen LogP contribution in [0, 0.1) is 0 Å². The highest BCUT2D eigenvalue weighted by atomic mass is 31.2. The molecule has 0 fully saturated rings. The number of hydrogen-bond acceptors (Lipinski definition) is 16. The van der Waals surface area contributed by atoms with E-state index in [1.54, 1.807) is 0 Å². The topological polar surface area (TPSA) is 390 Å². The first kappa shape index (κ1) is 33.8. The van der Waals surface area contributed by atoms with Crippen LogP contribution in [0.5, 0.6) is 0 Å². The minimum absolute atomic E-state index is 2.26. The molecule has 0 saturated carbocycles. The van der Waals surface area contributed by atoms with Crippen LogP contribution in [0.4, 0.5) is 0 Å². The quantitative estimate of drug-likeness (QED) is 0.0925. The fraction of sp³-hybridized carbons (Fsp3) is 0.667. The molecule has 0 radical (unpaired) electrons. The Hall–Kier alpha value is -1.15. The van der Waals surface area contributed by atoms with Gasteiger partial charge in [-0.2, -0.15) is 4.57 Å². The minimum atomic E-state index is -6.82. The van der Waals surface area contributed by atoms with E-state index in [2.05, 4.69) is 13.6 Å². The average molecular weight is 602 g/mol. The van der Waals surface area contributed by atoms with Crippen molar-refractivity contribution in [2.24, 2.45) is 0 Å². The van der Waals surface area contributed by atoms with Crippen LogP contribution in [-0.4, -0.2) is 114 Å². The summed E-state index contributed by atoms with van der Waals surface area (Å²) < 4.78 is 57.2. The zero-order valence-electron chi connectivity index (χ0n) is 16.4. The van der Waals surface area contributed by atoms with Crippen LogP contribution < -0.4 is 0 Å². The van der Waals surface area contributed by atoms with E-state index in [9.17, 15) is 48.0 Å². The van der Waals surface area contributed by atoms with Crippen molar-refractivity contribution in [2.75, 3.05) is 19.8 Å². The van der Waals surface area contributed by atoms with Crippen molar-refractivity contribution >= 4 is 48.5 Å². The number of carbonyl (C=O) groups is 3. The lowest BCUT2D eigenvalue weighted by Crippen LogP contribution is -2.46. The first-order valence-corrected chi connectivity index (χ1v) is 14.1. The maximum absolute atomic E-state index is 12.6. The van der Waals surface area contributed by atoms with E-state index in [4.69, 9.17) is 44.7 Å². The summed E-state index contributed by atoms with van der Waals surface area (Å²) >= 11 is 0. The first-order chi connectivity index (χ1) is 15.3. The smallest absolute Gasteiger partial charge is 0.392 e. The summed E-state index contributed by atoms with van der Waals surface area (Å²) in [5, 5.41) is 42.4. The van der Waals surface area contributed by atoms with E-state index >= 15 is 0 Å². The molecule has 22 nitrogen and oxygen atoms in total. The molecule has 35 heavy (non-hydrogen) atoms. The highest BCUT2D eigenvalue weighted by Crippen LogP contribution is 2.60. The SMILES string of the molecule is O=C(OP(=O)(OC(=O)C(O)(CO)P(=O)(O)O)OC(=O)C(O)(CO)P(=O)(O)O)C(O)(CO)P(=O)(O)O. The third kappa shape index (κ3) is 6.79. The maximum Gasteiger partial charge on any atom is 0.654 e. The molecule has 0 rings (SSSR count). The molecule has 0 saturated heterocycles. The molecule has 0 aliphatic rings. The molecule has 26 heteroatoms. The van der Waals surface area contributed by atoms with Gasteiger partial charge in [0.15, 0.2) is 0 Å². The highest BCUT2D eigenvalue weighted by molar-refractivity contribution is 7.56. The fourth-order valence-corrected chi connectivity index (χ4v) is 4.20. The van der Waals surface area contributed by atoms with E-state index in [0.717, 1.165) is 0 Å². The van der Waals surface area contributed by atoms with Crippen molar-refractivity contribution in [1.29, 1.82) is 0 Å². The van der Waals surface area contributed by atoms with Gasteiger partial charge in [-0.15, -0.1) is 0 Å². The molecule has 0 aromatic carbocycles. The summed E-state index contributed by atoms with van der Waals surface area (Å²) in [6, 6.07) is 0. The molecule has 0 spiro atoms. The highest BCUT2D eigenvalue weighted by Gasteiger charge is 2.62. The van der Waals surface area contributed by atoms with Crippen molar-refractivity contribution in [3.05, 3.63) is 0 Å². The molecule has 0 aliphatic heterocycles. The minimum Gasteiger partial charge on any atom is -0.392 e. The Kier molecular flexibility index (Phi) is 10.3. The lowest BCUT2D eigenvalue weighted by molar-refractivity contribution is -0.163. The zero-order valence-corrected chi connectivity index (χ0v) is 19.9. The van der Waals surface area contributed by atoms with Gasteiger partial charge in [0.05, 0.1) is 19.8 Å². The predicted octanol–water partition coefficient (Wildman–Crippen LogP) is -5.70. The monoisotopic (exact) mass is 602 g/mol.